The molecule has 0 fully saturated rings. The van der Waals surface area contributed by atoms with Gasteiger partial charge in [-0.2, -0.15) is 0 Å². The van der Waals surface area contributed by atoms with Gasteiger partial charge in [0.15, 0.2) is 5.13 Å². The second kappa shape index (κ2) is 7.99. The average Bonchev–Trinajstić information content (AvgIpc) is 3.00. The molecule has 2 aromatic carbocycles. The summed E-state index contributed by atoms with van der Waals surface area (Å²) in [6.45, 7) is 2.08. The Morgan fingerprint density at radius 2 is 1.80 bits per heavy atom. The van der Waals surface area contributed by atoms with E-state index >= 15 is 0 Å². The quantitative estimate of drug-likeness (QED) is 0.495. The first kappa shape index (κ1) is 17.9. The molecule has 3 aromatic rings. The van der Waals surface area contributed by atoms with Crippen molar-refractivity contribution in [2.24, 2.45) is 0 Å². The number of carbonyl (C=O) groups is 1. The van der Waals surface area contributed by atoms with Crippen molar-refractivity contribution in [3.8, 4) is 11.3 Å². The van der Waals surface area contributed by atoms with E-state index in [4.69, 9.17) is 11.6 Å². The Hall–Kier alpha value is -1.89. The first-order valence-electron chi connectivity index (χ1n) is 7.64. The van der Waals surface area contributed by atoms with Gasteiger partial charge in [0.1, 0.15) is 0 Å². The van der Waals surface area contributed by atoms with Gasteiger partial charge in [0.05, 0.1) is 5.69 Å². The van der Waals surface area contributed by atoms with Gasteiger partial charge in [0.25, 0.3) is 0 Å². The predicted octanol–water partition coefficient (Wildman–Crippen LogP) is 6.43. The van der Waals surface area contributed by atoms with Crippen LogP contribution in [0.2, 0.25) is 5.02 Å². The number of benzene rings is 2. The molecule has 0 aliphatic heterocycles. The van der Waals surface area contributed by atoms with Crippen LogP contribution in [0, 0.1) is 0 Å². The molecule has 1 aromatic heterocycles. The number of rotatable bonds is 4. The number of thiazole rings is 1. The van der Waals surface area contributed by atoms with E-state index in [1.54, 1.807) is 24.3 Å². The Morgan fingerprint density at radius 1 is 1.12 bits per heavy atom. The van der Waals surface area contributed by atoms with Crippen molar-refractivity contribution >= 4 is 55.7 Å². The van der Waals surface area contributed by atoms with E-state index in [-0.39, 0.29) is 6.03 Å². The SMILES string of the molecule is CCc1sc(NC(=O)Nc2ccc(Cl)cc2)nc1-c1ccc(Br)cc1. The lowest BCUT2D eigenvalue weighted by atomic mass is 10.1. The molecule has 0 aliphatic carbocycles. The Morgan fingerprint density at radius 3 is 2.44 bits per heavy atom. The molecule has 0 saturated heterocycles. The van der Waals surface area contributed by atoms with Crippen LogP contribution >= 0.6 is 38.9 Å². The summed E-state index contributed by atoms with van der Waals surface area (Å²) in [7, 11) is 0. The van der Waals surface area contributed by atoms with Gasteiger partial charge < -0.3 is 5.32 Å². The molecule has 0 saturated carbocycles. The zero-order valence-electron chi connectivity index (χ0n) is 13.3. The number of anilines is 2. The standard InChI is InChI=1S/C18H15BrClN3OS/c1-2-15-16(11-3-5-12(19)6-4-11)22-18(25-15)23-17(24)21-14-9-7-13(20)8-10-14/h3-10H,2H2,1H3,(H2,21,22,23,24). The summed E-state index contributed by atoms with van der Waals surface area (Å²) in [4.78, 5) is 17.9. The number of urea groups is 1. The number of nitrogens with zero attached hydrogens (tertiary/aromatic N) is 1. The molecule has 3 rings (SSSR count). The first-order valence-corrected chi connectivity index (χ1v) is 9.63. The van der Waals surface area contributed by atoms with Crippen molar-refractivity contribution in [3.63, 3.8) is 0 Å². The Bertz CT molecular complexity index is 878. The van der Waals surface area contributed by atoms with Crippen molar-refractivity contribution in [1.29, 1.82) is 0 Å². The molecule has 4 nitrogen and oxygen atoms in total. The molecule has 7 heteroatoms. The average molecular weight is 437 g/mol. The van der Waals surface area contributed by atoms with Gasteiger partial charge in [-0.3, -0.25) is 5.32 Å². The van der Waals surface area contributed by atoms with Crippen LogP contribution in [0.5, 0.6) is 0 Å². The topological polar surface area (TPSA) is 54.0 Å². The Balaban J connectivity index is 1.75. The summed E-state index contributed by atoms with van der Waals surface area (Å²) in [6.07, 6.45) is 0.851. The fourth-order valence-corrected chi connectivity index (χ4v) is 3.58. The van der Waals surface area contributed by atoms with E-state index in [1.807, 2.05) is 24.3 Å². The minimum Gasteiger partial charge on any atom is -0.308 e. The third-order valence-corrected chi connectivity index (χ3v) is 5.35. The minimum absolute atomic E-state index is 0.332. The lowest BCUT2D eigenvalue weighted by molar-refractivity contribution is 0.262. The number of aromatic nitrogens is 1. The third kappa shape index (κ3) is 4.60. The molecule has 0 atom stereocenters. The summed E-state index contributed by atoms with van der Waals surface area (Å²) in [5.74, 6) is 0. The van der Waals surface area contributed by atoms with E-state index in [9.17, 15) is 4.79 Å². The van der Waals surface area contributed by atoms with Crippen LogP contribution < -0.4 is 10.6 Å². The van der Waals surface area contributed by atoms with Gasteiger partial charge in [-0.15, -0.1) is 11.3 Å². The van der Waals surface area contributed by atoms with Crippen molar-refractivity contribution in [2.45, 2.75) is 13.3 Å². The maximum absolute atomic E-state index is 12.2. The molecule has 128 valence electrons. The van der Waals surface area contributed by atoms with Crippen LogP contribution in [-0.4, -0.2) is 11.0 Å². The molecule has 0 aliphatic rings. The van der Waals surface area contributed by atoms with Crippen molar-refractivity contribution in [3.05, 3.63) is 62.9 Å². The highest BCUT2D eigenvalue weighted by Crippen LogP contribution is 2.32. The van der Waals surface area contributed by atoms with Crippen LogP contribution in [0.15, 0.2) is 53.0 Å². The van der Waals surface area contributed by atoms with Gasteiger partial charge >= 0.3 is 6.03 Å². The summed E-state index contributed by atoms with van der Waals surface area (Å²) in [5, 5.41) is 6.75. The van der Waals surface area contributed by atoms with Gasteiger partial charge in [0.2, 0.25) is 0 Å². The first-order chi connectivity index (χ1) is 12.0. The molecule has 25 heavy (non-hydrogen) atoms. The smallest absolute Gasteiger partial charge is 0.308 e. The number of hydrogen-bond acceptors (Lipinski definition) is 3. The Labute approximate surface area is 163 Å². The van der Waals surface area contributed by atoms with E-state index in [0.29, 0.717) is 15.8 Å². The minimum atomic E-state index is -0.332. The molecule has 2 N–H and O–H groups in total. The monoisotopic (exact) mass is 435 g/mol. The number of amides is 2. The molecule has 0 unspecified atom stereocenters. The molecule has 2 amide bonds. The number of halogens is 2. The largest absolute Gasteiger partial charge is 0.325 e. The normalized spacial score (nSPS) is 10.5. The van der Waals surface area contributed by atoms with Crippen molar-refractivity contribution in [1.82, 2.24) is 4.98 Å². The van der Waals surface area contributed by atoms with E-state index in [2.05, 4.69) is 38.5 Å². The van der Waals surface area contributed by atoms with E-state index in [0.717, 1.165) is 27.0 Å². The van der Waals surface area contributed by atoms with Crippen LogP contribution in [0.1, 0.15) is 11.8 Å². The summed E-state index contributed by atoms with van der Waals surface area (Å²) >= 11 is 10.8. The number of aryl methyl sites for hydroxylation is 1. The van der Waals surface area contributed by atoms with E-state index < -0.39 is 0 Å². The van der Waals surface area contributed by atoms with Crippen LogP contribution in [0.4, 0.5) is 15.6 Å². The number of carbonyl (C=O) groups excluding carboxylic acids is 1. The maximum Gasteiger partial charge on any atom is 0.325 e. The summed E-state index contributed by atoms with van der Waals surface area (Å²) in [6, 6.07) is 14.6. The number of nitrogens with one attached hydrogen (secondary N) is 2. The Kier molecular flexibility index (Phi) is 5.73. The number of hydrogen-bond donors (Lipinski definition) is 2. The van der Waals surface area contributed by atoms with Crippen molar-refractivity contribution < 1.29 is 4.79 Å². The molecule has 1 heterocycles. The van der Waals surface area contributed by atoms with Gasteiger partial charge in [-0.05, 0) is 42.8 Å². The molecular formula is C18H15BrClN3OS. The van der Waals surface area contributed by atoms with Crippen LogP contribution in [-0.2, 0) is 6.42 Å². The van der Waals surface area contributed by atoms with Gasteiger partial charge in [-0.1, -0.05) is 46.6 Å². The summed E-state index contributed by atoms with van der Waals surface area (Å²) in [5.41, 5.74) is 2.60. The lowest BCUT2D eigenvalue weighted by Crippen LogP contribution is -2.19. The molecular weight excluding hydrogens is 422 g/mol. The van der Waals surface area contributed by atoms with Crippen LogP contribution in [0.25, 0.3) is 11.3 Å². The van der Waals surface area contributed by atoms with Gasteiger partial charge in [-0.25, -0.2) is 9.78 Å². The maximum atomic E-state index is 12.2. The van der Waals surface area contributed by atoms with Crippen LogP contribution in [0.3, 0.4) is 0 Å². The fraction of sp³-hybridized carbons (Fsp3) is 0.111. The highest BCUT2D eigenvalue weighted by Gasteiger charge is 2.14. The third-order valence-electron chi connectivity index (χ3n) is 3.46. The second-order valence-electron chi connectivity index (χ2n) is 5.24. The predicted molar refractivity (Wildman–Crippen MR) is 109 cm³/mol. The van der Waals surface area contributed by atoms with Crippen molar-refractivity contribution in [2.75, 3.05) is 10.6 Å². The highest BCUT2D eigenvalue weighted by molar-refractivity contribution is 9.10. The second-order valence-corrected chi connectivity index (χ2v) is 7.67. The van der Waals surface area contributed by atoms with Gasteiger partial charge in [0, 0.05) is 25.6 Å². The zero-order valence-corrected chi connectivity index (χ0v) is 16.5. The van der Waals surface area contributed by atoms with E-state index in [1.165, 1.54) is 11.3 Å². The highest BCUT2D eigenvalue weighted by atomic mass is 79.9. The lowest BCUT2D eigenvalue weighted by Gasteiger charge is -2.05. The summed E-state index contributed by atoms with van der Waals surface area (Å²) < 4.78 is 1.02. The zero-order chi connectivity index (χ0) is 17.8. The fourth-order valence-electron chi connectivity index (χ4n) is 2.27. The molecule has 0 spiro atoms. The molecule has 0 bridgehead atoms. The molecule has 0 radical (unpaired) electrons.